The summed E-state index contributed by atoms with van der Waals surface area (Å²) in [5, 5.41) is 4.21. The summed E-state index contributed by atoms with van der Waals surface area (Å²) in [6.45, 7) is 0.273. The van der Waals surface area contributed by atoms with E-state index in [-0.39, 0.29) is 30.2 Å². The second kappa shape index (κ2) is 3.91. The Morgan fingerprint density at radius 1 is 1.33 bits per heavy atom. The number of aromatic nitrogens is 2. The van der Waals surface area contributed by atoms with Gasteiger partial charge in [0.1, 0.15) is 0 Å². The Morgan fingerprint density at radius 3 is 2.50 bits per heavy atom. The van der Waals surface area contributed by atoms with Crippen molar-refractivity contribution in [3.05, 3.63) is 11.8 Å². The smallest absolute Gasteiger partial charge is 0.238 e. The maximum atomic E-state index is 12.3. The van der Waals surface area contributed by atoms with E-state index in [0.29, 0.717) is 5.82 Å². The van der Waals surface area contributed by atoms with Crippen LogP contribution in [0.3, 0.4) is 0 Å². The number of hydrogen-bond donors (Lipinski definition) is 1. The van der Waals surface area contributed by atoms with Crippen molar-refractivity contribution in [1.82, 2.24) is 9.78 Å². The molecule has 2 amide bonds. The lowest BCUT2D eigenvalue weighted by Crippen LogP contribution is -2.33. The van der Waals surface area contributed by atoms with E-state index in [9.17, 15) is 9.59 Å². The summed E-state index contributed by atoms with van der Waals surface area (Å²) in [4.78, 5) is 25.8. The minimum atomic E-state index is -0.134. The molecule has 1 saturated heterocycles. The van der Waals surface area contributed by atoms with E-state index in [0.717, 1.165) is 24.8 Å². The molecular formula is C12H16N4O2. The number of carbonyl (C=O) groups excluding carboxylic acids is 2. The zero-order valence-corrected chi connectivity index (χ0v) is 10.3. The van der Waals surface area contributed by atoms with Gasteiger partial charge in [-0.2, -0.15) is 5.10 Å². The van der Waals surface area contributed by atoms with Gasteiger partial charge in [0.25, 0.3) is 0 Å². The molecule has 0 radical (unpaired) electrons. The zero-order valence-electron chi connectivity index (χ0n) is 10.3. The van der Waals surface area contributed by atoms with E-state index in [1.54, 1.807) is 17.9 Å². The molecule has 96 valence electrons. The van der Waals surface area contributed by atoms with Gasteiger partial charge < -0.3 is 5.73 Å². The van der Waals surface area contributed by atoms with Gasteiger partial charge in [-0.05, 0) is 12.8 Å². The van der Waals surface area contributed by atoms with Crippen LogP contribution in [0.2, 0.25) is 0 Å². The van der Waals surface area contributed by atoms with Gasteiger partial charge >= 0.3 is 0 Å². The lowest BCUT2D eigenvalue weighted by Gasteiger charge is -2.14. The van der Waals surface area contributed by atoms with Crippen molar-refractivity contribution < 1.29 is 9.59 Å². The van der Waals surface area contributed by atoms with Crippen molar-refractivity contribution in [3.63, 3.8) is 0 Å². The fraction of sp³-hybridized carbons (Fsp3) is 0.583. The second-order valence-electron chi connectivity index (χ2n) is 5.01. The monoisotopic (exact) mass is 248 g/mol. The molecule has 1 aromatic heterocycles. The van der Waals surface area contributed by atoms with E-state index in [1.807, 2.05) is 0 Å². The van der Waals surface area contributed by atoms with Crippen molar-refractivity contribution in [2.75, 3.05) is 4.90 Å². The second-order valence-corrected chi connectivity index (χ2v) is 5.01. The van der Waals surface area contributed by atoms with Crippen molar-refractivity contribution in [2.45, 2.75) is 25.8 Å². The third kappa shape index (κ3) is 1.42. The number of rotatable bonds is 2. The minimum absolute atomic E-state index is 0.101. The Labute approximate surface area is 105 Å². The molecular weight excluding hydrogens is 232 g/mol. The molecule has 1 aliphatic heterocycles. The Morgan fingerprint density at radius 2 is 1.94 bits per heavy atom. The fourth-order valence-corrected chi connectivity index (χ4v) is 3.06. The van der Waals surface area contributed by atoms with Gasteiger partial charge in [0.05, 0.1) is 11.8 Å². The highest BCUT2D eigenvalue weighted by Crippen LogP contribution is 2.41. The summed E-state index contributed by atoms with van der Waals surface area (Å²) >= 11 is 0. The quantitative estimate of drug-likeness (QED) is 0.756. The van der Waals surface area contributed by atoms with Crippen LogP contribution in [0.1, 0.15) is 24.8 Å². The Kier molecular flexibility index (Phi) is 2.48. The SMILES string of the molecule is Cn1cc(CN)c(N2C(=O)C3CCCC3C2=O)n1. The first-order valence-electron chi connectivity index (χ1n) is 6.24. The van der Waals surface area contributed by atoms with Crippen molar-refractivity contribution in [1.29, 1.82) is 0 Å². The standard InChI is InChI=1S/C12H16N4O2/c1-15-6-7(5-13)10(14-15)16-11(17)8-3-2-4-9(8)12(16)18/h6,8-9H,2-5,13H2,1H3. The summed E-state index contributed by atoms with van der Waals surface area (Å²) < 4.78 is 1.59. The average Bonchev–Trinajstić information content (AvgIpc) is 2.99. The molecule has 2 N–H and O–H groups in total. The van der Waals surface area contributed by atoms with Crippen LogP contribution in [0.25, 0.3) is 0 Å². The number of nitrogens with two attached hydrogens (primary N) is 1. The van der Waals surface area contributed by atoms with Crippen molar-refractivity contribution in [3.8, 4) is 0 Å². The first-order valence-corrected chi connectivity index (χ1v) is 6.24. The van der Waals surface area contributed by atoms with Gasteiger partial charge in [-0.25, -0.2) is 4.90 Å². The fourth-order valence-electron chi connectivity index (χ4n) is 3.06. The van der Waals surface area contributed by atoms with Crippen LogP contribution in [-0.2, 0) is 23.2 Å². The van der Waals surface area contributed by atoms with E-state index in [4.69, 9.17) is 5.73 Å². The molecule has 2 unspecified atom stereocenters. The van der Waals surface area contributed by atoms with E-state index in [1.165, 1.54) is 4.90 Å². The molecule has 3 rings (SSSR count). The third-order valence-corrected chi connectivity index (χ3v) is 3.91. The normalized spacial score (nSPS) is 27.1. The molecule has 1 aliphatic carbocycles. The lowest BCUT2D eigenvalue weighted by atomic mass is 10.00. The van der Waals surface area contributed by atoms with E-state index >= 15 is 0 Å². The summed E-state index contributed by atoms with van der Waals surface area (Å²) in [5.74, 6) is -0.0496. The molecule has 2 aliphatic rings. The zero-order chi connectivity index (χ0) is 12.9. The third-order valence-electron chi connectivity index (χ3n) is 3.91. The first kappa shape index (κ1) is 11.4. The summed E-state index contributed by atoms with van der Waals surface area (Å²) in [7, 11) is 1.76. The highest BCUT2D eigenvalue weighted by molar-refractivity contribution is 6.22. The average molecular weight is 248 g/mol. The van der Waals surface area contributed by atoms with E-state index < -0.39 is 0 Å². The summed E-state index contributed by atoms with van der Waals surface area (Å²) in [6.07, 6.45) is 4.35. The van der Waals surface area contributed by atoms with Gasteiger partial charge in [-0.1, -0.05) is 6.42 Å². The van der Waals surface area contributed by atoms with Gasteiger partial charge in [-0.15, -0.1) is 0 Å². The van der Waals surface area contributed by atoms with Gasteiger partial charge in [0.2, 0.25) is 11.8 Å². The van der Waals surface area contributed by atoms with Crippen LogP contribution < -0.4 is 10.6 Å². The molecule has 1 aromatic rings. The molecule has 6 nitrogen and oxygen atoms in total. The predicted octanol–water partition coefficient (Wildman–Crippen LogP) is 0.168. The molecule has 2 heterocycles. The number of nitrogens with zero attached hydrogens (tertiary/aromatic N) is 3. The van der Waals surface area contributed by atoms with Gasteiger partial charge in [0, 0.05) is 25.4 Å². The summed E-state index contributed by atoms with van der Waals surface area (Å²) in [6, 6.07) is 0. The maximum Gasteiger partial charge on any atom is 0.238 e. The number of carbonyl (C=O) groups is 2. The Hall–Kier alpha value is -1.69. The largest absolute Gasteiger partial charge is 0.326 e. The molecule has 2 fully saturated rings. The van der Waals surface area contributed by atoms with Crippen LogP contribution >= 0.6 is 0 Å². The molecule has 0 spiro atoms. The predicted molar refractivity (Wildman–Crippen MR) is 64.4 cm³/mol. The molecule has 0 aromatic carbocycles. The number of hydrogen-bond acceptors (Lipinski definition) is 4. The Bertz CT molecular complexity index is 500. The number of anilines is 1. The molecule has 1 saturated carbocycles. The van der Waals surface area contributed by atoms with Crippen LogP contribution in [0, 0.1) is 11.8 Å². The highest BCUT2D eigenvalue weighted by Gasteiger charge is 2.51. The number of fused-ring (bicyclic) bond motifs is 1. The lowest BCUT2D eigenvalue weighted by molar-refractivity contribution is -0.122. The van der Waals surface area contributed by atoms with Gasteiger partial charge in [0.15, 0.2) is 5.82 Å². The number of imide groups is 1. The van der Waals surface area contributed by atoms with Gasteiger partial charge in [-0.3, -0.25) is 14.3 Å². The molecule has 0 bridgehead atoms. The highest BCUT2D eigenvalue weighted by atomic mass is 16.2. The minimum Gasteiger partial charge on any atom is -0.326 e. The van der Waals surface area contributed by atoms with Crippen LogP contribution in [0.5, 0.6) is 0 Å². The van der Waals surface area contributed by atoms with Crippen LogP contribution in [-0.4, -0.2) is 21.6 Å². The Balaban J connectivity index is 2.02. The molecule has 18 heavy (non-hydrogen) atoms. The van der Waals surface area contributed by atoms with Crippen molar-refractivity contribution >= 4 is 17.6 Å². The molecule has 2 atom stereocenters. The number of amides is 2. The van der Waals surface area contributed by atoms with Crippen molar-refractivity contribution in [2.24, 2.45) is 24.6 Å². The number of aryl methyl sites for hydroxylation is 1. The van der Waals surface area contributed by atoms with Crippen LogP contribution in [0.4, 0.5) is 5.82 Å². The van der Waals surface area contributed by atoms with Crippen LogP contribution in [0.15, 0.2) is 6.20 Å². The first-order chi connectivity index (χ1) is 8.63. The molecule has 6 heteroatoms. The topological polar surface area (TPSA) is 81.2 Å². The summed E-state index contributed by atoms with van der Waals surface area (Å²) in [5.41, 5.74) is 6.37. The van der Waals surface area contributed by atoms with E-state index in [2.05, 4.69) is 5.10 Å². The maximum absolute atomic E-state index is 12.3.